The zero-order valence-electron chi connectivity index (χ0n) is 11.6. The van der Waals surface area contributed by atoms with E-state index in [4.69, 9.17) is 0 Å². The number of carbonyl (C=O) groups excluding carboxylic acids is 2. The normalized spacial score (nSPS) is 30.3. The number of piperazine rings is 1. The SMILES string of the molecule is CCC(C)CN1C(=O)C(C2CC2)NC(=O)C1CC. The van der Waals surface area contributed by atoms with Crippen LogP contribution < -0.4 is 5.32 Å². The van der Waals surface area contributed by atoms with E-state index in [1.165, 1.54) is 0 Å². The van der Waals surface area contributed by atoms with Crippen molar-refractivity contribution in [2.45, 2.75) is 58.5 Å². The lowest BCUT2D eigenvalue weighted by Crippen LogP contribution is -2.64. The van der Waals surface area contributed by atoms with Crippen LogP contribution in [-0.2, 0) is 9.59 Å². The van der Waals surface area contributed by atoms with E-state index in [1.54, 1.807) is 0 Å². The maximum atomic E-state index is 12.5. The first-order chi connectivity index (χ1) is 8.58. The van der Waals surface area contributed by atoms with Crippen molar-refractivity contribution in [3.8, 4) is 0 Å². The Kier molecular flexibility index (Phi) is 3.93. The van der Waals surface area contributed by atoms with Gasteiger partial charge in [0.25, 0.3) is 0 Å². The average Bonchev–Trinajstić information content (AvgIpc) is 3.17. The van der Waals surface area contributed by atoms with Gasteiger partial charge in [-0.1, -0.05) is 27.2 Å². The van der Waals surface area contributed by atoms with E-state index in [0.29, 0.717) is 24.8 Å². The third-order valence-corrected chi connectivity index (χ3v) is 4.21. The lowest BCUT2D eigenvalue weighted by molar-refractivity contribution is -0.150. The molecule has 18 heavy (non-hydrogen) atoms. The van der Waals surface area contributed by atoms with Crippen molar-refractivity contribution in [2.75, 3.05) is 6.54 Å². The average molecular weight is 252 g/mol. The molecule has 2 aliphatic rings. The van der Waals surface area contributed by atoms with E-state index in [1.807, 2.05) is 11.8 Å². The molecular weight excluding hydrogens is 228 g/mol. The predicted octanol–water partition coefficient (Wildman–Crippen LogP) is 1.55. The van der Waals surface area contributed by atoms with E-state index < -0.39 is 0 Å². The molecule has 3 unspecified atom stereocenters. The fraction of sp³-hybridized carbons (Fsp3) is 0.857. The highest BCUT2D eigenvalue weighted by Gasteiger charge is 2.46. The molecule has 0 aromatic heterocycles. The molecule has 1 aliphatic heterocycles. The van der Waals surface area contributed by atoms with Crippen molar-refractivity contribution in [3.05, 3.63) is 0 Å². The van der Waals surface area contributed by atoms with Crippen LogP contribution in [0.4, 0.5) is 0 Å². The fourth-order valence-electron chi connectivity index (χ4n) is 2.62. The molecule has 0 aromatic carbocycles. The smallest absolute Gasteiger partial charge is 0.246 e. The summed E-state index contributed by atoms with van der Waals surface area (Å²) in [6.45, 7) is 6.94. The van der Waals surface area contributed by atoms with Gasteiger partial charge in [-0.05, 0) is 31.1 Å². The Bertz CT molecular complexity index is 339. The molecule has 2 fully saturated rings. The summed E-state index contributed by atoms with van der Waals surface area (Å²) in [4.78, 5) is 26.4. The quantitative estimate of drug-likeness (QED) is 0.807. The summed E-state index contributed by atoms with van der Waals surface area (Å²) in [6.07, 6.45) is 3.89. The van der Waals surface area contributed by atoms with Gasteiger partial charge in [-0.15, -0.1) is 0 Å². The molecule has 0 bridgehead atoms. The van der Waals surface area contributed by atoms with Crippen LogP contribution in [0.3, 0.4) is 0 Å². The van der Waals surface area contributed by atoms with Crippen LogP contribution in [0.25, 0.3) is 0 Å². The highest BCUT2D eigenvalue weighted by Crippen LogP contribution is 2.35. The predicted molar refractivity (Wildman–Crippen MR) is 69.9 cm³/mol. The van der Waals surface area contributed by atoms with Crippen LogP contribution >= 0.6 is 0 Å². The van der Waals surface area contributed by atoms with Gasteiger partial charge >= 0.3 is 0 Å². The number of hydrogen-bond acceptors (Lipinski definition) is 2. The third kappa shape index (κ3) is 2.52. The Morgan fingerprint density at radius 1 is 1.33 bits per heavy atom. The second-order valence-corrected chi connectivity index (χ2v) is 5.75. The maximum Gasteiger partial charge on any atom is 0.246 e. The van der Waals surface area contributed by atoms with Crippen LogP contribution in [0.2, 0.25) is 0 Å². The van der Waals surface area contributed by atoms with Crippen LogP contribution in [0.1, 0.15) is 46.5 Å². The first-order valence-corrected chi connectivity index (χ1v) is 7.19. The van der Waals surface area contributed by atoms with Gasteiger partial charge < -0.3 is 10.2 Å². The standard InChI is InChI=1S/C14H24N2O2/c1-4-9(3)8-16-11(5-2)13(17)15-12(14(16)18)10-6-7-10/h9-12H,4-8H2,1-3H3,(H,15,17). The molecule has 4 nitrogen and oxygen atoms in total. The highest BCUT2D eigenvalue weighted by atomic mass is 16.2. The van der Waals surface area contributed by atoms with Gasteiger partial charge in [-0.3, -0.25) is 9.59 Å². The van der Waals surface area contributed by atoms with E-state index >= 15 is 0 Å². The summed E-state index contributed by atoms with van der Waals surface area (Å²) < 4.78 is 0. The summed E-state index contributed by atoms with van der Waals surface area (Å²) in [5.41, 5.74) is 0. The van der Waals surface area contributed by atoms with Crippen molar-refractivity contribution >= 4 is 11.8 Å². The number of nitrogens with one attached hydrogen (secondary N) is 1. The first-order valence-electron chi connectivity index (χ1n) is 7.19. The molecule has 0 spiro atoms. The molecule has 0 radical (unpaired) electrons. The van der Waals surface area contributed by atoms with E-state index in [0.717, 1.165) is 19.3 Å². The highest BCUT2D eigenvalue weighted by molar-refractivity contribution is 5.97. The molecule has 4 heteroatoms. The van der Waals surface area contributed by atoms with Gasteiger partial charge in [0, 0.05) is 6.54 Å². The molecule has 1 heterocycles. The van der Waals surface area contributed by atoms with Crippen LogP contribution in [-0.4, -0.2) is 35.3 Å². The Morgan fingerprint density at radius 2 is 2.00 bits per heavy atom. The summed E-state index contributed by atoms with van der Waals surface area (Å²) in [5.74, 6) is 1.02. The van der Waals surface area contributed by atoms with Gasteiger partial charge in [0.05, 0.1) is 0 Å². The minimum absolute atomic E-state index is 0.0392. The molecule has 0 aromatic rings. The molecule has 3 atom stereocenters. The van der Waals surface area contributed by atoms with Crippen LogP contribution in [0.5, 0.6) is 0 Å². The van der Waals surface area contributed by atoms with Crippen LogP contribution in [0.15, 0.2) is 0 Å². The Morgan fingerprint density at radius 3 is 2.50 bits per heavy atom. The second kappa shape index (κ2) is 5.29. The monoisotopic (exact) mass is 252 g/mol. The lowest BCUT2D eigenvalue weighted by atomic mass is 9.99. The molecule has 1 saturated heterocycles. The minimum Gasteiger partial charge on any atom is -0.342 e. The number of carbonyl (C=O) groups is 2. The van der Waals surface area contributed by atoms with Crippen LogP contribution in [0, 0.1) is 11.8 Å². The molecule has 2 rings (SSSR count). The fourth-order valence-corrected chi connectivity index (χ4v) is 2.62. The molecule has 1 aliphatic carbocycles. The van der Waals surface area contributed by atoms with E-state index in [2.05, 4.69) is 19.2 Å². The molecule has 1 saturated carbocycles. The number of rotatable bonds is 5. The summed E-state index contributed by atoms with van der Waals surface area (Å²) in [6, 6.07) is -0.508. The Hall–Kier alpha value is -1.06. The summed E-state index contributed by atoms with van der Waals surface area (Å²) >= 11 is 0. The first kappa shape index (κ1) is 13.4. The number of nitrogens with zero attached hydrogens (tertiary/aromatic N) is 1. The molecule has 102 valence electrons. The molecule has 1 N–H and O–H groups in total. The Balaban J connectivity index is 2.13. The minimum atomic E-state index is -0.263. The largest absolute Gasteiger partial charge is 0.342 e. The summed E-state index contributed by atoms with van der Waals surface area (Å²) in [7, 11) is 0. The van der Waals surface area contributed by atoms with Gasteiger partial charge in [0.2, 0.25) is 11.8 Å². The zero-order chi connectivity index (χ0) is 13.3. The Labute approximate surface area is 109 Å². The van der Waals surface area contributed by atoms with Crippen molar-refractivity contribution in [3.63, 3.8) is 0 Å². The van der Waals surface area contributed by atoms with Crippen molar-refractivity contribution < 1.29 is 9.59 Å². The topological polar surface area (TPSA) is 49.4 Å². The van der Waals surface area contributed by atoms with E-state index in [9.17, 15) is 9.59 Å². The van der Waals surface area contributed by atoms with Crippen molar-refractivity contribution in [1.82, 2.24) is 10.2 Å². The van der Waals surface area contributed by atoms with Crippen molar-refractivity contribution in [1.29, 1.82) is 0 Å². The van der Waals surface area contributed by atoms with Gasteiger partial charge in [-0.2, -0.15) is 0 Å². The van der Waals surface area contributed by atoms with Gasteiger partial charge in [-0.25, -0.2) is 0 Å². The van der Waals surface area contributed by atoms with E-state index in [-0.39, 0.29) is 23.9 Å². The van der Waals surface area contributed by atoms with Crippen molar-refractivity contribution in [2.24, 2.45) is 11.8 Å². The summed E-state index contributed by atoms with van der Waals surface area (Å²) in [5, 5.41) is 2.92. The maximum absolute atomic E-state index is 12.5. The van der Waals surface area contributed by atoms with Gasteiger partial charge in [0.1, 0.15) is 12.1 Å². The second-order valence-electron chi connectivity index (χ2n) is 5.75. The third-order valence-electron chi connectivity index (χ3n) is 4.21. The number of hydrogen-bond donors (Lipinski definition) is 1. The molecular formula is C14H24N2O2. The zero-order valence-corrected chi connectivity index (χ0v) is 11.6. The number of amides is 2. The molecule has 2 amide bonds. The van der Waals surface area contributed by atoms with Gasteiger partial charge in [0.15, 0.2) is 0 Å². The lowest BCUT2D eigenvalue weighted by Gasteiger charge is -2.40.